The van der Waals surface area contributed by atoms with E-state index < -0.39 is 0 Å². The number of benzene rings is 1. The van der Waals surface area contributed by atoms with Crippen molar-refractivity contribution in [3.05, 3.63) is 36.2 Å². The standard InChI is InChI=1S/C10H6N2/c1-2-7-4-11-6-9-10(7)8(3-1)5-12-9/h1-6H. The van der Waals surface area contributed by atoms with Crippen molar-refractivity contribution in [1.82, 2.24) is 4.98 Å². The molecule has 0 N–H and O–H groups in total. The van der Waals surface area contributed by atoms with Crippen molar-refractivity contribution in [1.29, 1.82) is 0 Å². The van der Waals surface area contributed by atoms with Crippen molar-refractivity contribution < 1.29 is 0 Å². The molecule has 1 aromatic heterocycles. The lowest BCUT2D eigenvalue weighted by molar-refractivity contribution is 1.35. The van der Waals surface area contributed by atoms with Crippen LogP contribution in [-0.4, -0.2) is 11.2 Å². The molecule has 0 saturated carbocycles. The zero-order valence-electron chi connectivity index (χ0n) is 6.36. The fraction of sp³-hybridized carbons (Fsp3) is 0. The highest BCUT2D eigenvalue weighted by atomic mass is 14.8. The highest BCUT2D eigenvalue weighted by molar-refractivity contribution is 6.10. The van der Waals surface area contributed by atoms with E-state index in [-0.39, 0.29) is 0 Å². The molecule has 0 aliphatic carbocycles. The number of hydrogen-bond acceptors (Lipinski definition) is 2. The smallest absolute Gasteiger partial charge is 0.0897 e. The van der Waals surface area contributed by atoms with Crippen LogP contribution in [0.4, 0.5) is 5.69 Å². The van der Waals surface area contributed by atoms with Crippen LogP contribution in [0, 0.1) is 0 Å². The Morgan fingerprint density at radius 2 is 2.08 bits per heavy atom. The molecule has 0 amide bonds. The van der Waals surface area contributed by atoms with Gasteiger partial charge in [0, 0.05) is 28.7 Å². The second kappa shape index (κ2) is 1.91. The zero-order valence-corrected chi connectivity index (χ0v) is 6.36. The largest absolute Gasteiger partial charge is 0.262 e. The second-order valence-electron chi connectivity index (χ2n) is 2.86. The molecule has 0 atom stereocenters. The summed E-state index contributed by atoms with van der Waals surface area (Å²) in [4.78, 5) is 8.36. The van der Waals surface area contributed by atoms with Gasteiger partial charge in [-0.1, -0.05) is 18.2 Å². The Labute approximate surface area is 69.6 Å². The Kier molecular flexibility index (Phi) is 0.939. The summed E-state index contributed by atoms with van der Waals surface area (Å²) in [6, 6.07) is 6.16. The predicted molar refractivity (Wildman–Crippen MR) is 49.0 cm³/mol. The normalized spacial score (nSPS) is 12.7. The van der Waals surface area contributed by atoms with Crippen molar-refractivity contribution in [2.45, 2.75) is 0 Å². The first-order valence-electron chi connectivity index (χ1n) is 3.86. The molecule has 2 heteroatoms. The van der Waals surface area contributed by atoms with Crippen LogP contribution in [0.25, 0.3) is 10.8 Å². The first-order valence-corrected chi connectivity index (χ1v) is 3.86. The fourth-order valence-corrected chi connectivity index (χ4v) is 1.59. The van der Waals surface area contributed by atoms with Gasteiger partial charge in [0.2, 0.25) is 0 Å². The van der Waals surface area contributed by atoms with Gasteiger partial charge in [-0.15, -0.1) is 0 Å². The van der Waals surface area contributed by atoms with Gasteiger partial charge in [0.15, 0.2) is 0 Å². The third kappa shape index (κ3) is 0.593. The van der Waals surface area contributed by atoms with Crippen LogP contribution < -0.4 is 0 Å². The van der Waals surface area contributed by atoms with E-state index in [1.165, 1.54) is 16.3 Å². The molecule has 2 nitrogen and oxygen atoms in total. The summed E-state index contributed by atoms with van der Waals surface area (Å²) in [5.74, 6) is 0. The van der Waals surface area contributed by atoms with Crippen LogP contribution >= 0.6 is 0 Å². The Hall–Kier alpha value is -1.70. The summed E-state index contributed by atoms with van der Waals surface area (Å²) < 4.78 is 0. The van der Waals surface area contributed by atoms with Crippen molar-refractivity contribution in [2.24, 2.45) is 4.99 Å². The molecule has 0 saturated heterocycles. The maximum atomic E-state index is 4.26. The van der Waals surface area contributed by atoms with Gasteiger partial charge >= 0.3 is 0 Å². The third-order valence-corrected chi connectivity index (χ3v) is 2.14. The molecule has 2 aromatic rings. The molecule has 0 spiro atoms. The van der Waals surface area contributed by atoms with Gasteiger partial charge in [-0.2, -0.15) is 0 Å². The summed E-state index contributed by atoms with van der Waals surface area (Å²) in [7, 11) is 0. The van der Waals surface area contributed by atoms with Gasteiger partial charge in [0.05, 0.1) is 11.9 Å². The molecule has 1 aromatic carbocycles. The summed E-state index contributed by atoms with van der Waals surface area (Å²) >= 11 is 0. The number of pyridine rings is 1. The van der Waals surface area contributed by atoms with Crippen LogP contribution in [0.15, 0.2) is 35.6 Å². The highest BCUT2D eigenvalue weighted by Crippen LogP contribution is 2.31. The summed E-state index contributed by atoms with van der Waals surface area (Å²) in [6.45, 7) is 0. The van der Waals surface area contributed by atoms with Crippen LogP contribution in [0.2, 0.25) is 0 Å². The Balaban J connectivity index is 2.64. The number of rotatable bonds is 0. The highest BCUT2D eigenvalue weighted by Gasteiger charge is 2.08. The molecule has 0 bridgehead atoms. The molecule has 56 valence electrons. The summed E-state index contributed by atoms with van der Waals surface area (Å²) in [5.41, 5.74) is 2.19. The monoisotopic (exact) mass is 154 g/mol. The number of hydrogen-bond donors (Lipinski definition) is 0. The first kappa shape index (κ1) is 5.89. The second-order valence-corrected chi connectivity index (χ2v) is 2.86. The van der Waals surface area contributed by atoms with E-state index in [0.717, 1.165) is 5.69 Å². The van der Waals surface area contributed by atoms with E-state index >= 15 is 0 Å². The van der Waals surface area contributed by atoms with Crippen LogP contribution in [0.5, 0.6) is 0 Å². The molecular weight excluding hydrogens is 148 g/mol. The Morgan fingerprint density at radius 3 is 3.08 bits per heavy atom. The molecule has 3 rings (SSSR count). The minimum atomic E-state index is 0.989. The maximum Gasteiger partial charge on any atom is 0.0897 e. The maximum absolute atomic E-state index is 4.26. The number of aliphatic imine (C=N–C) groups is 1. The molecule has 1 aliphatic rings. The molecule has 12 heavy (non-hydrogen) atoms. The molecule has 0 unspecified atom stereocenters. The van der Waals surface area contributed by atoms with Gasteiger partial charge in [-0.3, -0.25) is 9.98 Å². The quantitative estimate of drug-likeness (QED) is 0.487. The van der Waals surface area contributed by atoms with Crippen molar-refractivity contribution in [3.8, 4) is 0 Å². The van der Waals surface area contributed by atoms with Crippen LogP contribution in [0.3, 0.4) is 0 Å². The minimum absolute atomic E-state index is 0.989. The molecule has 1 aliphatic heterocycles. The van der Waals surface area contributed by atoms with Gasteiger partial charge in [0.25, 0.3) is 0 Å². The first-order chi connectivity index (χ1) is 5.95. The van der Waals surface area contributed by atoms with E-state index in [1.807, 2.05) is 18.5 Å². The lowest BCUT2D eigenvalue weighted by Crippen LogP contribution is -1.78. The van der Waals surface area contributed by atoms with Gasteiger partial charge in [0.1, 0.15) is 0 Å². The lowest BCUT2D eigenvalue weighted by atomic mass is 10.1. The van der Waals surface area contributed by atoms with Crippen molar-refractivity contribution in [3.63, 3.8) is 0 Å². The van der Waals surface area contributed by atoms with E-state index in [9.17, 15) is 0 Å². The average molecular weight is 154 g/mol. The van der Waals surface area contributed by atoms with Crippen LogP contribution in [0.1, 0.15) is 5.56 Å². The van der Waals surface area contributed by atoms with Gasteiger partial charge in [-0.05, 0) is 0 Å². The molecular formula is C10H6N2. The predicted octanol–water partition coefficient (Wildman–Crippen LogP) is 2.30. The third-order valence-electron chi connectivity index (χ3n) is 2.14. The number of aromatic nitrogens is 1. The van der Waals surface area contributed by atoms with E-state index in [1.54, 1.807) is 6.20 Å². The van der Waals surface area contributed by atoms with E-state index in [4.69, 9.17) is 0 Å². The Bertz CT molecular complexity index is 445. The zero-order chi connectivity index (χ0) is 7.97. The number of nitrogens with zero attached hydrogens (tertiary/aromatic N) is 2. The van der Waals surface area contributed by atoms with Gasteiger partial charge < -0.3 is 0 Å². The summed E-state index contributed by atoms with van der Waals surface area (Å²) in [5, 5.41) is 2.40. The van der Waals surface area contributed by atoms with Gasteiger partial charge in [-0.25, -0.2) is 0 Å². The van der Waals surface area contributed by atoms with Crippen molar-refractivity contribution in [2.75, 3.05) is 0 Å². The average Bonchev–Trinajstić information content (AvgIpc) is 2.52. The lowest BCUT2D eigenvalue weighted by Gasteiger charge is -1.97. The summed E-state index contributed by atoms with van der Waals surface area (Å²) in [6.07, 6.45) is 5.56. The molecule has 0 radical (unpaired) electrons. The van der Waals surface area contributed by atoms with Crippen LogP contribution in [-0.2, 0) is 0 Å². The molecule has 0 fully saturated rings. The Morgan fingerprint density at radius 1 is 1.08 bits per heavy atom. The SMILES string of the molecule is C1=Nc2cncc3cccc1c23. The molecule has 2 heterocycles. The fourth-order valence-electron chi connectivity index (χ4n) is 1.59. The van der Waals surface area contributed by atoms with E-state index in [0.29, 0.717) is 0 Å². The topological polar surface area (TPSA) is 25.2 Å². The minimum Gasteiger partial charge on any atom is -0.262 e. The van der Waals surface area contributed by atoms with E-state index in [2.05, 4.69) is 22.1 Å². The van der Waals surface area contributed by atoms with Crippen molar-refractivity contribution >= 4 is 22.7 Å².